The number of anilines is 1. The number of halogens is 3. The van der Waals surface area contributed by atoms with Crippen molar-refractivity contribution in [2.24, 2.45) is 5.92 Å². The Balaban J connectivity index is 2.27. The third-order valence-electron chi connectivity index (χ3n) is 3.52. The summed E-state index contributed by atoms with van der Waals surface area (Å²) in [5.74, 6) is -0.692. The van der Waals surface area contributed by atoms with Crippen molar-refractivity contribution < 1.29 is 22.7 Å². The van der Waals surface area contributed by atoms with Crippen LogP contribution in [0.2, 0.25) is 0 Å². The maximum absolute atomic E-state index is 12.9. The van der Waals surface area contributed by atoms with E-state index in [2.05, 4.69) is 4.74 Å². The first-order valence-electron chi connectivity index (χ1n) is 6.31. The van der Waals surface area contributed by atoms with Crippen molar-refractivity contribution in [3.8, 4) is 6.07 Å². The number of esters is 1. The average molecular weight is 298 g/mol. The Kier molecular flexibility index (Phi) is 4.07. The number of hydrogen-bond acceptors (Lipinski definition) is 4. The fourth-order valence-corrected chi connectivity index (χ4v) is 2.41. The number of rotatable bonds is 2. The minimum atomic E-state index is -4.58. The largest absolute Gasteiger partial charge is 0.469 e. The first-order valence-corrected chi connectivity index (χ1v) is 6.31. The maximum atomic E-state index is 12.9. The smallest absolute Gasteiger partial charge is 0.417 e. The van der Waals surface area contributed by atoms with Crippen molar-refractivity contribution in [3.05, 3.63) is 29.3 Å². The number of carbonyl (C=O) groups excluding carboxylic acids is 1. The number of nitriles is 1. The molecular formula is C14H13F3N2O2. The molecule has 0 bridgehead atoms. The van der Waals surface area contributed by atoms with Crippen LogP contribution in [0.25, 0.3) is 0 Å². The van der Waals surface area contributed by atoms with E-state index < -0.39 is 17.3 Å². The number of benzene rings is 1. The van der Waals surface area contributed by atoms with Gasteiger partial charge in [-0.3, -0.25) is 4.79 Å². The quantitative estimate of drug-likeness (QED) is 0.787. The Bertz CT molecular complexity index is 593. The molecule has 1 fully saturated rings. The summed E-state index contributed by atoms with van der Waals surface area (Å²) < 4.78 is 43.4. The van der Waals surface area contributed by atoms with E-state index in [1.807, 2.05) is 0 Å². The van der Waals surface area contributed by atoms with Crippen LogP contribution in [-0.4, -0.2) is 26.2 Å². The first-order chi connectivity index (χ1) is 9.86. The van der Waals surface area contributed by atoms with Crippen molar-refractivity contribution in [1.29, 1.82) is 5.26 Å². The van der Waals surface area contributed by atoms with Crippen LogP contribution in [-0.2, 0) is 15.7 Å². The lowest BCUT2D eigenvalue weighted by Gasteiger charge is -2.20. The second-order valence-electron chi connectivity index (χ2n) is 4.79. The molecule has 0 aromatic heterocycles. The highest BCUT2D eigenvalue weighted by Crippen LogP contribution is 2.35. The Morgan fingerprint density at radius 2 is 2.19 bits per heavy atom. The van der Waals surface area contributed by atoms with Crippen molar-refractivity contribution in [2.75, 3.05) is 25.1 Å². The fourth-order valence-electron chi connectivity index (χ4n) is 2.41. The van der Waals surface area contributed by atoms with Crippen molar-refractivity contribution in [2.45, 2.75) is 12.6 Å². The van der Waals surface area contributed by atoms with Crippen LogP contribution in [0.15, 0.2) is 18.2 Å². The van der Waals surface area contributed by atoms with Gasteiger partial charge in [-0.05, 0) is 24.6 Å². The minimum Gasteiger partial charge on any atom is -0.469 e. The SMILES string of the molecule is COC(=O)C1CCN(c2ccc(C#N)c(C(F)(F)F)c2)C1. The predicted molar refractivity (Wildman–Crippen MR) is 68.5 cm³/mol. The van der Waals surface area contributed by atoms with E-state index in [1.165, 1.54) is 13.2 Å². The summed E-state index contributed by atoms with van der Waals surface area (Å²) in [7, 11) is 1.29. The molecule has 1 aromatic carbocycles. The van der Waals surface area contributed by atoms with E-state index in [-0.39, 0.29) is 11.9 Å². The van der Waals surface area contributed by atoms with Crippen molar-refractivity contribution >= 4 is 11.7 Å². The zero-order valence-electron chi connectivity index (χ0n) is 11.3. The summed E-state index contributed by atoms with van der Waals surface area (Å²) in [6, 6.07) is 5.12. The normalized spacial score (nSPS) is 18.4. The monoisotopic (exact) mass is 298 g/mol. The van der Waals surface area contributed by atoms with Crippen molar-refractivity contribution in [3.63, 3.8) is 0 Å². The van der Waals surface area contributed by atoms with Gasteiger partial charge in [-0.1, -0.05) is 0 Å². The van der Waals surface area contributed by atoms with Gasteiger partial charge >= 0.3 is 12.1 Å². The lowest BCUT2D eigenvalue weighted by atomic mass is 10.1. The Hall–Kier alpha value is -2.23. The van der Waals surface area contributed by atoms with Crippen LogP contribution >= 0.6 is 0 Å². The summed E-state index contributed by atoms with van der Waals surface area (Å²) in [4.78, 5) is 13.1. The topological polar surface area (TPSA) is 53.3 Å². The predicted octanol–water partition coefficient (Wildman–Crippen LogP) is 2.58. The summed E-state index contributed by atoms with van der Waals surface area (Å²) in [5.41, 5.74) is -1.01. The zero-order chi connectivity index (χ0) is 15.6. The van der Waals surface area contributed by atoms with Crippen LogP contribution in [0, 0.1) is 17.2 Å². The molecule has 1 aromatic rings. The second-order valence-corrected chi connectivity index (χ2v) is 4.79. The standard InChI is InChI=1S/C14H13F3N2O2/c1-21-13(20)10-4-5-19(8-10)11-3-2-9(7-18)12(6-11)14(15,16)17/h2-3,6,10H,4-5,8H2,1H3. The fraction of sp³-hybridized carbons (Fsp3) is 0.429. The van der Waals surface area contributed by atoms with Gasteiger partial charge in [0.1, 0.15) is 0 Å². The molecule has 1 unspecified atom stereocenters. The van der Waals surface area contributed by atoms with E-state index >= 15 is 0 Å². The number of hydrogen-bond donors (Lipinski definition) is 0. The molecule has 0 amide bonds. The summed E-state index contributed by atoms with van der Waals surface area (Å²) >= 11 is 0. The molecule has 7 heteroatoms. The molecule has 0 saturated carbocycles. The zero-order valence-corrected chi connectivity index (χ0v) is 11.3. The number of carbonyl (C=O) groups is 1. The van der Waals surface area contributed by atoms with Gasteiger partial charge in [0.2, 0.25) is 0 Å². The molecule has 0 spiro atoms. The second kappa shape index (κ2) is 5.64. The molecule has 0 radical (unpaired) electrons. The van der Waals surface area contributed by atoms with Gasteiger partial charge in [0.05, 0.1) is 30.2 Å². The highest BCUT2D eigenvalue weighted by atomic mass is 19.4. The molecule has 21 heavy (non-hydrogen) atoms. The van der Waals surface area contributed by atoms with Crippen LogP contribution < -0.4 is 4.90 Å². The average Bonchev–Trinajstić information content (AvgIpc) is 2.94. The Morgan fingerprint density at radius 3 is 2.76 bits per heavy atom. The van der Waals surface area contributed by atoms with E-state index in [4.69, 9.17) is 5.26 Å². The minimum absolute atomic E-state index is 0.315. The maximum Gasteiger partial charge on any atom is 0.417 e. The van der Waals surface area contributed by atoms with Gasteiger partial charge in [-0.25, -0.2) is 0 Å². The first kappa shape index (κ1) is 15.2. The van der Waals surface area contributed by atoms with Gasteiger partial charge in [0, 0.05) is 18.8 Å². The Labute approximate surface area is 119 Å². The summed E-state index contributed by atoms with van der Waals surface area (Å²) in [5, 5.41) is 8.76. The molecule has 4 nitrogen and oxygen atoms in total. The molecule has 0 N–H and O–H groups in total. The molecule has 1 atom stereocenters. The van der Waals surface area contributed by atoms with Gasteiger partial charge < -0.3 is 9.64 Å². The third-order valence-corrected chi connectivity index (χ3v) is 3.52. The molecule has 0 aliphatic carbocycles. The lowest BCUT2D eigenvalue weighted by Crippen LogP contribution is -2.24. The molecule has 1 aliphatic rings. The highest BCUT2D eigenvalue weighted by molar-refractivity contribution is 5.74. The molecular weight excluding hydrogens is 285 g/mol. The number of alkyl halides is 3. The van der Waals surface area contributed by atoms with E-state index in [9.17, 15) is 18.0 Å². The van der Waals surface area contributed by atoms with Crippen LogP contribution in [0.4, 0.5) is 18.9 Å². The molecule has 2 rings (SSSR count). The Morgan fingerprint density at radius 1 is 1.48 bits per heavy atom. The lowest BCUT2D eigenvalue weighted by molar-refractivity contribution is -0.144. The van der Waals surface area contributed by atoms with Gasteiger partial charge in [-0.2, -0.15) is 18.4 Å². The van der Waals surface area contributed by atoms with Gasteiger partial charge in [0.25, 0.3) is 0 Å². The number of ether oxygens (including phenoxy) is 1. The van der Waals surface area contributed by atoms with Gasteiger partial charge in [0.15, 0.2) is 0 Å². The summed E-state index contributed by atoms with van der Waals surface area (Å²) in [6.45, 7) is 0.791. The molecule has 1 heterocycles. The number of nitrogens with zero attached hydrogens (tertiary/aromatic N) is 2. The van der Waals surface area contributed by atoms with Crippen LogP contribution in [0.3, 0.4) is 0 Å². The highest BCUT2D eigenvalue weighted by Gasteiger charge is 2.35. The van der Waals surface area contributed by atoms with E-state index in [0.717, 1.165) is 12.1 Å². The number of methoxy groups -OCH3 is 1. The van der Waals surface area contributed by atoms with Crippen molar-refractivity contribution in [1.82, 2.24) is 0 Å². The summed E-state index contributed by atoms with van der Waals surface area (Å²) in [6.07, 6.45) is -4.05. The molecule has 1 saturated heterocycles. The van der Waals surface area contributed by atoms with E-state index in [0.29, 0.717) is 25.2 Å². The third kappa shape index (κ3) is 3.10. The van der Waals surface area contributed by atoms with Crippen LogP contribution in [0.5, 0.6) is 0 Å². The van der Waals surface area contributed by atoms with Crippen LogP contribution in [0.1, 0.15) is 17.5 Å². The molecule has 112 valence electrons. The van der Waals surface area contributed by atoms with Gasteiger partial charge in [-0.15, -0.1) is 0 Å². The van der Waals surface area contributed by atoms with E-state index in [1.54, 1.807) is 11.0 Å². The molecule has 1 aliphatic heterocycles.